The Kier molecular flexibility index (Phi) is 8.77. The molecule has 1 aliphatic carbocycles. The van der Waals surface area contributed by atoms with Crippen LogP contribution in [-0.2, 0) is 19.6 Å². The third kappa shape index (κ3) is 5.88. The number of benzene rings is 2. The highest BCUT2D eigenvalue weighted by molar-refractivity contribution is 7.90. The number of carboxylic acids is 1. The Morgan fingerprint density at radius 1 is 1.11 bits per heavy atom. The number of hydrogen-bond donors (Lipinski definition) is 1. The predicted molar refractivity (Wildman–Crippen MR) is 149 cm³/mol. The molecule has 2 aliphatic rings. The number of hydrogen-bond acceptors (Lipinski definition) is 4. The monoisotopic (exact) mass is 580 g/mol. The zero-order chi connectivity index (χ0) is 27.8. The number of carbonyl (C=O) groups excluding carboxylic acids is 1. The maximum atomic E-state index is 14.2. The fourth-order valence-corrected chi connectivity index (χ4v) is 7.51. The molecule has 206 valence electrons. The number of piperidine rings is 1. The van der Waals surface area contributed by atoms with E-state index in [1.54, 1.807) is 37.1 Å². The second kappa shape index (κ2) is 11.5. The van der Waals surface area contributed by atoms with Crippen molar-refractivity contribution in [3.05, 3.63) is 69.7 Å². The van der Waals surface area contributed by atoms with Crippen molar-refractivity contribution in [3.8, 4) is 0 Å². The molecule has 1 amide bonds. The average Bonchev–Trinajstić information content (AvgIpc) is 3.73. The van der Waals surface area contributed by atoms with Crippen molar-refractivity contribution in [3.63, 3.8) is 0 Å². The van der Waals surface area contributed by atoms with Crippen LogP contribution in [-0.4, -0.2) is 59.5 Å². The Bertz CT molecular complexity index is 1280. The summed E-state index contributed by atoms with van der Waals surface area (Å²) in [5.74, 6) is -3.27. The zero-order valence-corrected chi connectivity index (χ0v) is 24.1. The molecule has 1 N–H and O–H groups in total. The smallest absolute Gasteiger partial charge is 0.307 e. The lowest BCUT2D eigenvalue weighted by Crippen LogP contribution is -2.56. The van der Waals surface area contributed by atoms with Gasteiger partial charge in [-0.05, 0) is 61.1 Å². The minimum atomic E-state index is -3.46. The molecule has 2 aromatic carbocycles. The molecule has 1 saturated carbocycles. The van der Waals surface area contributed by atoms with Crippen LogP contribution in [0.15, 0.2) is 48.5 Å². The summed E-state index contributed by atoms with van der Waals surface area (Å²) in [4.78, 5) is 28.0. The molecule has 1 unspecified atom stereocenters. The molecule has 7 nitrogen and oxygen atoms in total. The predicted octanol–water partition coefficient (Wildman–Crippen LogP) is 5.59. The van der Waals surface area contributed by atoms with Gasteiger partial charge in [-0.15, -0.1) is 0 Å². The summed E-state index contributed by atoms with van der Waals surface area (Å²) in [6.45, 7) is 3.61. The first-order valence-corrected chi connectivity index (χ1v) is 15.2. The third-order valence-corrected chi connectivity index (χ3v) is 10.8. The quantitative estimate of drug-likeness (QED) is 0.395. The highest BCUT2D eigenvalue weighted by Crippen LogP contribution is 2.48. The van der Waals surface area contributed by atoms with Crippen LogP contribution in [0, 0.1) is 11.8 Å². The molecule has 5 atom stereocenters. The van der Waals surface area contributed by atoms with Gasteiger partial charge in [0.15, 0.2) is 0 Å². The number of likely N-dealkylation sites (N-methyl/N-ethyl adjacent to an activating group) is 1. The van der Waals surface area contributed by atoms with Gasteiger partial charge >= 0.3 is 5.97 Å². The van der Waals surface area contributed by atoms with Crippen LogP contribution < -0.4 is 0 Å². The third-order valence-electron chi connectivity index (χ3n) is 7.95. The van der Waals surface area contributed by atoms with E-state index >= 15 is 0 Å². The highest BCUT2D eigenvalue weighted by atomic mass is 35.5. The Balaban J connectivity index is 1.84. The SMILES string of the molecule is CC[C@@H](CN(C)S(=O)(=O)C1CC1)N1C(=O)[C@H](C(C)C(=O)O)C[C@H](c2cccc(Cl)c2)[C@H]1c1ccc(Cl)cc1. The van der Waals surface area contributed by atoms with Gasteiger partial charge in [0.25, 0.3) is 0 Å². The molecule has 38 heavy (non-hydrogen) atoms. The molecule has 4 rings (SSSR count). The molecular formula is C28H34Cl2N2O5S. The minimum absolute atomic E-state index is 0.127. The zero-order valence-electron chi connectivity index (χ0n) is 21.8. The van der Waals surface area contributed by atoms with Crippen LogP contribution in [0.25, 0.3) is 0 Å². The topological polar surface area (TPSA) is 95.0 Å². The van der Waals surface area contributed by atoms with Crippen LogP contribution in [0.1, 0.15) is 62.6 Å². The van der Waals surface area contributed by atoms with E-state index in [9.17, 15) is 23.1 Å². The number of likely N-dealkylation sites (tertiary alicyclic amines) is 1. The van der Waals surface area contributed by atoms with Crippen molar-refractivity contribution in [1.29, 1.82) is 0 Å². The van der Waals surface area contributed by atoms with Gasteiger partial charge in [-0.25, -0.2) is 12.7 Å². The van der Waals surface area contributed by atoms with Crippen LogP contribution in [0.5, 0.6) is 0 Å². The van der Waals surface area contributed by atoms with Crippen LogP contribution in [0.3, 0.4) is 0 Å². The van der Waals surface area contributed by atoms with Gasteiger partial charge in [-0.3, -0.25) is 9.59 Å². The number of halogens is 2. The molecule has 0 spiro atoms. The second-order valence-corrected chi connectivity index (χ2v) is 13.7. The van der Waals surface area contributed by atoms with E-state index in [1.807, 2.05) is 37.3 Å². The summed E-state index contributed by atoms with van der Waals surface area (Å²) in [6, 6.07) is 13.8. The summed E-state index contributed by atoms with van der Waals surface area (Å²) in [5, 5.41) is 10.6. The van der Waals surface area contributed by atoms with Gasteiger partial charge in [-0.1, -0.05) is 61.3 Å². The normalized spacial score (nSPS) is 23.9. The summed E-state index contributed by atoms with van der Waals surface area (Å²) < 4.78 is 27.4. The lowest BCUT2D eigenvalue weighted by molar-refractivity contribution is -0.157. The number of carboxylic acid groups (broad SMARTS) is 1. The van der Waals surface area contributed by atoms with E-state index in [2.05, 4.69) is 0 Å². The van der Waals surface area contributed by atoms with Gasteiger partial charge in [0.05, 0.1) is 23.1 Å². The molecule has 10 heteroatoms. The van der Waals surface area contributed by atoms with Gasteiger partial charge in [0.1, 0.15) is 0 Å². The maximum absolute atomic E-state index is 14.2. The van der Waals surface area contributed by atoms with Gasteiger partial charge in [0, 0.05) is 35.6 Å². The van der Waals surface area contributed by atoms with E-state index in [1.165, 1.54) is 4.31 Å². The summed E-state index contributed by atoms with van der Waals surface area (Å²) in [5.41, 5.74) is 1.74. The van der Waals surface area contributed by atoms with Gasteiger partial charge in [-0.2, -0.15) is 0 Å². The van der Waals surface area contributed by atoms with Crippen LogP contribution in [0.2, 0.25) is 10.0 Å². The molecule has 1 aliphatic heterocycles. The van der Waals surface area contributed by atoms with Crippen LogP contribution >= 0.6 is 23.2 Å². The Hall–Kier alpha value is -2.13. The van der Waals surface area contributed by atoms with E-state index < -0.39 is 39.9 Å². The Morgan fingerprint density at radius 2 is 1.76 bits per heavy atom. The highest BCUT2D eigenvalue weighted by Gasteiger charge is 2.49. The number of carbonyl (C=O) groups is 2. The number of rotatable bonds is 10. The molecule has 0 bridgehead atoms. The number of aliphatic carboxylic acids is 1. The van der Waals surface area contributed by atoms with Crippen molar-refractivity contribution < 1.29 is 23.1 Å². The Morgan fingerprint density at radius 3 is 2.32 bits per heavy atom. The summed E-state index contributed by atoms with van der Waals surface area (Å²) in [7, 11) is -1.90. The van der Waals surface area contributed by atoms with Gasteiger partial charge in [0.2, 0.25) is 15.9 Å². The molecule has 0 aromatic heterocycles. The van der Waals surface area contributed by atoms with Crippen molar-refractivity contribution in [2.24, 2.45) is 11.8 Å². The molecule has 2 aromatic rings. The molecule has 1 saturated heterocycles. The molecule has 2 fully saturated rings. The minimum Gasteiger partial charge on any atom is -0.481 e. The number of nitrogens with zero attached hydrogens (tertiary/aromatic N) is 2. The lowest BCUT2D eigenvalue weighted by atomic mass is 9.71. The van der Waals surface area contributed by atoms with Crippen molar-refractivity contribution in [2.45, 2.75) is 62.8 Å². The van der Waals surface area contributed by atoms with E-state index in [0.717, 1.165) is 11.1 Å². The van der Waals surface area contributed by atoms with Crippen molar-refractivity contribution in [2.75, 3.05) is 13.6 Å². The molecule has 1 heterocycles. The largest absolute Gasteiger partial charge is 0.481 e. The number of sulfonamides is 1. The van der Waals surface area contributed by atoms with Crippen molar-refractivity contribution in [1.82, 2.24) is 9.21 Å². The van der Waals surface area contributed by atoms with E-state index in [0.29, 0.717) is 35.7 Å². The first kappa shape index (κ1) is 28.9. The Labute approximate surface area is 234 Å². The first-order chi connectivity index (χ1) is 17.9. The van der Waals surface area contributed by atoms with Crippen molar-refractivity contribution >= 4 is 45.1 Å². The lowest BCUT2D eigenvalue weighted by Gasteiger charge is -2.49. The maximum Gasteiger partial charge on any atom is 0.307 e. The first-order valence-electron chi connectivity index (χ1n) is 13.0. The van der Waals surface area contributed by atoms with Gasteiger partial charge < -0.3 is 10.0 Å². The average molecular weight is 582 g/mol. The second-order valence-electron chi connectivity index (χ2n) is 10.5. The summed E-state index contributed by atoms with van der Waals surface area (Å²) in [6.07, 6.45) is 2.11. The van der Waals surface area contributed by atoms with Crippen LogP contribution in [0.4, 0.5) is 0 Å². The fraction of sp³-hybridized carbons (Fsp3) is 0.500. The fourth-order valence-electron chi connectivity index (χ4n) is 5.57. The molecular weight excluding hydrogens is 547 g/mol. The number of amides is 1. The molecule has 0 radical (unpaired) electrons. The van der Waals surface area contributed by atoms with E-state index in [-0.39, 0.29) is 23.6 Å². The summed E-state index contributed by atoms with van der Waals surface area (Å²) >= 11 is 12.6. The van der Waals surface area contributed by atoms with E-state index in [4.69, 9.17) is 23.2 Å². The standard InChI is InChI=1S/C28H34Cl2N2O5S/c1-4-22(16-31(3)38(36,37)23-12-13-23)32-26(18-8-10-20(29)11-9-18)25(19-6-5-7-21(30)14-19)15-24(27(32)33)17(2)28(34)35/h5-11,14,17,22-26H,4,12-13,15-16H2,1-3H3,(H,34,35)/t17?,22-,24-,25+,26+/m0/s1.